The van der Waals surface area contributed by atoms with E-state index in [4.69, 9.17) is 4.74 Å². The molecule has 1 amide bonds. The zero-order valence-corrected chi connectivity index (χ0v) is 17.7. The van der Waals surface area contributed by atoms with Crippen molar-refractivity contribution in [3.05, 3.63) is 60.8 Å². The Morgan fingerprint density at radius 1 is 1.13 bits per heavy atom. The van der Waals surface area contributed by atoms with Gasteiger partial charge in [-0.1, -0.05) is 6.92 Å². The molecule has 0 aliphatic carbocycles. The maximum atomic E-state index is 12.5. The lowest BCUT2D eigenvalue weighted by atomic mass is 10.0. The minimum atomic E-state index is -0.125. The molecule has 8 nitrogen and oxygen atoms in total. The van der Waals surface area contributed by atoms with Crippen LogP contribution in [-0.4, -0.2) is 37.2 Å². The number of nitrogens with one attached hydrogen (secondary N) is 2. The first-order valence-electron chi connectivity index (χ1n) is 10.2. The third kappa shape index (κ3) is 4.85. The number of amides is 1. The van der Waals surface area contributed by atoms with Crippen LogP contribution >= 0.6 is 0 Å². The molecule has 8 heteroatoms. The number of anilines is 1. The van der Waals surface area contributed by atoms with Crippen molar-refractivity contribution in [3.8, 4) is 17.0 Å². The average molecular weight is 416 g/mol. The van der Waals surface area contributed by atoms with Crippen LogP contribution in [0.2, 0.25) is 0 Å². The number of H-pyrrole nitrogens is 1. The fourth-order valence-electron chi connectivity index (χ4n) is 3.36. The summed E-state index contributed by atoms with van der Waals surface area (Å²) in [6.45, 7) is 5.95. The monoisotopic (exact) mass is 416 g/mol. The van der Waals surface area contributed by atoms with Crippen LogP contribution in [0.15, 0.2) is 55.2 Å². The molecular weight excluding hydrogens is 392 g/mol. The fraction of sp³-hybridized carbons (Fsp3) is 0.261. The van der Waals surface area contributed by atoms with Gasteiger partial charge >= 0.3 is 0 Å². The van der Waals surface area contributed by atoms with E-state index in [9.17, 15) is 4.79 Å². The third-order valence-corrected chi connectivity index (χ3v) is 4.85. The zero-order valence-electron chi connectivity index (χ0n) is 17.7. The quantitative estimate of drug-likeness (QED) is 0.464. The van der Waals surface area contributed by atoms with Gasteiger partial charge in [-0.15, -0.1) is 0 Å². The molecule has 0 aliphatic heterocycles. The van der Waals surface area contributed by atoms with Crippen molar-refractivity contribution in [1.82, 2.24) is 25.1 Å². The number of hydrogen-bond donors (Lipinski definition) is 2. The summed E-state index contributed by atoms with van der Waals surface area (Å²) in [5.74, 6) is 1.14. The molecule has 3 aromatic heterocycles. The second-order valence-electron chi connectivity index (χ2n) is 7.70. The number of hydrogen-bond acceptors (Lipinski definition) is 6. The molecule has 1 aromatic carbocycles. The van der Waals surface area contributed by atoms with Crippen molar-refractivity contribution < 1.29 is 9.53 Å². The number of nitrogens with zero attached hydrogens (tertiary/aromatic N) is 4. The second kappa shape index (κ2) is 8.91. The van der Waals surface area contributed by atoms with Crippen LogP contribution < -0.4 is 10.1 Å². The highest BCUT2D eigenvalue weighted by Crippen LogP contribution is 2.30. The van der Waals surface area contributed by atoms with E-state index in [-0.39, 0.29) is 17.9 Å². The molecule has 1 atom stereocenters. The van der Waals surface area contributed by atoms with Gasteiger partial charge in [0, 0.05) is 36.0 Å². The highest BCUT2D eigenvalue weighted by Gasteiger charge is 2.14. The second-order valence-corrected chi connectivity index (χ2v) is 7.70. The predicted octanol–water partition coefficient (Wildman–Crippen LogP) is 4.33. The fourth-order valence-corrected chi connectivity index (χ4v) is 3.36. The number of carbonyl (C=O) groups excluding carboxylic acids is 1. The van der Waals surface area contributed by atoms with Crippen molar-refractivity contribution in [2.24, 2.45) is 0 Å². The summed E-state index contributed by atoms with van der Waals surface area (Å²) in [7, 11) is 0. The van der Waals surface area contributed by atoms with Gasteiger partial charge < -0.3 is 10.1 Å². The molecule has 158 valence electrons. The van der Waals surface area contributed by atoms with Crippen LogP contribution in [0.3, 0.4) is 0 Å². The highest BCUT2D eigenvalue weighted by molar-refractivity contribution is 5.95. The molecule has 0 saturated heterocycles. The van der Waals surface area contributed by atoms with Crippen LogP contribution in [-0.2, 0) is 4.79 Å². The lowest BCUT2D eigenvalue weighted by Crippen LogP contribution is -2.15. The van der Waals surface area contributed by atoms with Gasteiger partial charge in [0.25, 0.3) is 0 Å². The molecule has 0 spiro atoms. The van der Waals surface area contributed by atoms with Crippen LogP contribution in [0.5, 0.6) is 5.75 Å². The smallest absolute Gasteiger partial charge is 0.226 e. The number of aromatic nitrogens is 5. The molecule has 4 aromatic rings. The van der Waals surface area contributed by atoms with Crippen LogP contribution in [0.25, 0.3) is 22.2 Å². The van der Waals surface area contributed by atoms with Crippen LogP contribution in [0.1, 0.15) is 38.7 Å². The zero-order chi connectivity index (χ0) is 21.8. The Kier molecular flexibility index (Phi) is 5.88. The first-order chi connectivity index (χ1) is 15.0. The SMILES string of the molecule is CC(C)Oc1ccc2[nH]nc(-c3ccnc(NC(=O)CC(C)c4cncnc4)c3)c2c1. The molecule has 1 unspecified atom stereocenters. The van der Waals surface area contributed by atoms with E-state index < -0.39 is 0 Å². The van der Waals surface area contributed by atoms with Crippen LogP contribution in [0, 0.1) is 0 Å². The van der Waals surface area contributed by atoms with Crippen molar-refractivity contribution in [1.29, 1.82) is 0 Å². The van der Waals surface area contributed by atoms with E-state index in [1.807, 2.05) is 51.1 Å². The van der Waals surface area contributed by atoms with Crippen molar-refractivity contribution >= 4 is 22.6 Å². The summed E-state index contributed by atoms with van der Waals surface area (Å²) in [6.07, 6.45) is 6.98. The molecule has 0 bridgehead atoms. The van der Waals surface area contributed by atoms with E-state index in [0.29, 0.717) is 12.2 Å². The Balaban J connectivity index is 1.52. The van der Waals surface area contributed by atoms with E-state index in [1.54, 1.807) is 18.6 Å². The molecule has 0 fully saturated rings. The van der Waals surface area contributed by atoms with E-state index >= 15 is 0 Å². The minimum absolute atomic E-state index is 0.000884. The Bertz CT molecular complexity index is 1190. The number of rotatable bonds is 7. The third-order valence-electron chi connectivity index (χ3n) is 4.85. The van der Waals surface area contributed by atoms with Gasteiger partial charge in [-0.2, -0.15) is 5.10 Å². The largest absolute Gasteiger partial charge is 0.491 e. The van der Waals surface area contributed by atoms with Gasteiger partial charge in [0.1, 0.15) is 23.6 Å². The van der Waals surface area contributed by atoms with Gasteiger partial charge in [-0.25, -0.2) is 15.0 Å². The summed E-state index contributed by atoms with van der Waals surface area (Å²) in [4.78, 5) is 24.8. The maximum Gasteiger partial charge on any atom is 0.226 e. The van der Waals surface area contributed by atoms with Gasteiger partial charge in [0.05, 0.1) is 11.6 Å². The number of fused-ring (bicyclic) bond motifs is 1. The summed E-state index contributed by atoms with van der Waals surface area (Å²) in [6, 6.07) is 9.52. The first-order valence-corrected chi connectivity index (χ1v) is 10.2. The van der Waals surface area contributed by atoms with Gasteiger partial charge in [0.2, 0.25) is 5.91 Å². The molecule has 31 heavy (non-hydrogen) atoms. The molecular formula is C23H24N6O2. The standard InChI is InChI=1S/C23H24N6O2/c1-14(2)31-18-4-5-20-19(10-18)23(29-28-20)16-6-7-26-21(9-16)27-22(30)8-15(3)17-11-24-13-25-12-17/h4-7,9-15H,8H2,1-3H3,(H,28,29)(H,26,27,30). The lowest BCUT2D eigenvalue weighted by molar-refractivity contribution is -0.116. The number of benzene rings is 1. The van der Waals surface area contributed by atoms with E-state index in [0.717, 1.165) is 33.5 Å². The normalized spacial score (nSPS) is 12.1. The number of aromatic amines is 1. The minimum Gasteiger partial charge on any atom is -0.491 e. The van der Waals surface area contributed by atoms with Crippen LogP contribution in [0.4, 0.5) is 5.82 Å². The summed E-state index contributed by atoms with van der Waals surface area (Å²) in [5.41, 5.74) is 3.45. The molecule has 4 rings (SSSR count). The molecule has 2 N–H and O–H groups in total. The Morgan fingerprint density at radius 2 is 1.94 bits per heavy atom. The highest BCUT2D eigenvalue weighted by atomic mass is 16.5. The van der Waals surface area contributed by atoms with Crippen molar-refractivity contribution in [2.75, 3.05) is 5.32 Å². The summed E-state index contributed by atoms with van der Waals surface area (Å²) in [5, 5.41) is 11.3. The van der Waals surface area contributed by atoms with E-state index in [2.05, 4.69) is 30.5 Å². The topological polar surface area (TPSA) is 106 Å². The first kappa shape index (κ1) is 20.5. The summed E-state index contributed by atoms with van der Waals surface area (Å²) < 4.78 is 5.81. The number of carbonyl (C=O) groups is 1. The lowest BCUT2D eigenvalue weighted by Gasteiger charge is -2.11. The molecule has 0 radical (unpaired) electrons. The molecule has 3 heterocycles. The average Bonchev–Trinajstić information content (AvgIpc) is 3.17. The Labute approximate surface area is 180 Å². The van der Waals surface area contributed by atoms with E-state index in [1.165, 1.54) is 6.33 Å². The van der Waals surface area contributed by atoms with Crippen molar-refractivity contribution in [2.45, 2.75) is 39.2 Å². The maximum absolute atomic E-state index is 12.5. The Hall–Kier alpha value is -3.81. The molecule has 0 aliphatic rings. The summed E-state index contributed by atoms with van der Waals surface area (Å²) >= 11 is 0. The van der Waals surface area contributed by atoms with Gasteiger partial charge in [-0.05, 0) is 55.7 Å². The number of pyridine rings is 1. The molecule has 0 saturated carbocycles. The number of ether oxygens (including phenoxy) is 1. The van der Waals surface area contributed by atoms with Gasteiger partial charge in [-0.3, -0.25) is 9.89 Å². The van der Waals surface area contributed by atoms with Gasteiger partial charge in [0.15, 0.2) is 0 Å². The Morgan fingerprint density at radius 3 is 2.71 bits per heavy atom. The predicted molar refractivity (Wildman–Crippen MR) is 119 cm³/mol. The van der Waals surface area contributed by atoms with Crippen molar-refractivity contribution in [3.63, 3.8) is 0 Å².